The minimum Gasteiger partial charge on any atom is -0.307 e. The lowest BCUT2D eigenvalue weighted by Crippen LogP contribution is -2.48. The van der Waals surface area contributed by atoms with Crippen LogP contribution in [0.2, 0.25) is 0 Å². The molecule has 4 fully saturated rings. The third-order valence-electron chi connectivity index (χ3n) is 10.6. The third kappa shape index (κ3) is 2.41. The highest BCUT2D eigenvalue weighted by atomic mass is 15.0. The molecule has 6 aromatic rings. The molecule has 10 rings (SSSR count). The molecular formula is C34H30N3+. The molecule has 3 nitrogen and oxygen atoms in total. The summed E-state index contributed by atoms with van der Waals surface area (Å²) in [5.74, 6) is 2.76. The number of fused-ring (bicyclic) bond motifs is 5. The van der Waals surface area contributed by atoms with Crippen LogP contribution in [0.1, 0.15) is 55.2 Å². The molecule has 180 valence electrons. The van der Waals surface area contributed by atoms with E-state index >= 15 is 0 Å². The predicted molar refractivity (Wildman–Crippen MR) is 149 cm³/mol. The van der Waals surface area contributed by atoms with Gasteiger partial charge in [-0.2, -0.15) is 5.26 Å². The molecule has 0 unspecified atom stereocenters. The van der Waals surface area contributed by atoms with Crippen LogP contribution in [-0.4, -0.2) is 4.40 Å². The lowest BCUT2D eigenvalue weighted by atomic mass is 9.48. The Morgan fingerprint density at radius 2 is 1.65 bits per heavy atom. The van der Waals surface area contributed by atoms with Gasteiger partial charge in [-0.1, -0.05) is 18.2 Å². The quantitative estimate of drug-likeness (QED) is 0.137. The van der Waals surface area contributed by atoms with Crippen LogP contribution in [0.5, 0.6) is 0 Å². The van der Waals surface area contributed by atoms with Gasteiger partial charge >= 0.3 is 0 Å². The molecule has 3 heterocycles. The molecule has 0 radical (unpaired) electrons. The van der Waals surface area contributed by atoms with Gasteiger partial charge in [-0.05, 0) is 109 Å². The van der Waals surface area contributed by atoms with Crippen molar-refractivity contribution in [1.82, 2.24) is 4.40 Å². The maximum atomic E-state index is 10.1. The Balaban J connectivity index is 1.51. The Morgan fingerprint density at radius 3 is 2.38 bits per heavy atom. The Kier molecular flexibility index (Phi) is 3.65. The second-order valence-corrected chi connectivity index (χ2v) is 12.7. The highest BCUT2D eigenvalue weighted by Crippen LogP contribution is 2.61. The van der Waals surface area contributed by atoms with E-state index in [2.05, 4.69) is 77.7 Å². The average Bonchev–Trinajstić information content (AvgIpc) is 3.23. The number of hydrogen-bond donors (Lipinski definition) is 0. The molecule has 4 bridgehead atoms. The van der Waals surface area contributed by atoms with E-state index < -0.39 is 0 Å². The number of benzene rings is 3. The van der Waals surface area contributed by atoms with Gasteiger partial charge in [0, 0.05) is 16.8 Å². The Labute approximate surface area is 216 Å². The van der Waals surface area contributed by atoms with Crippen molar-refractivity contribution >= 4 is 49.0 Å². The molecule has 0 spiro atoms. The van der Waals surface area contributed by atoms with Crippen LogP contribution in [-0.2, 0) is 12.5 Å². The highest BCUT2D eigenvalue weighted by Gasteiger charge is 2.51. The van der Waals surface area contributed by atoms with Crippen molar-refractivity contribution in [2.75, 3.05) is 0 Å². The first kappa shape index (κ1) is 20.4. The number of nitrogens with zero attached hydrogens (tertiary/aromatic N) is 3. The molecule has 3 aromatic heterocycles. The first-order valence-corrected chi connectivity index (χ1v) is 14.0. The fourth-order valence-electron chi connectivity index (χ4n) is 9.63. The molecular weight excluding hydrogens is 450 g/mol. The van der Waals surface area contributed by atoms with Crippen LogP contribution in [0.4, 0.5) is 0 Å². The Bertz CT molecular complexity index is 1960. The summed E-state index contributed by atoms with van der Waals surface area (Å²) in [5, 5.41) is 16.4. The summed E-state index contributed by atoms with van der Waals surface area (Å²) in [4.78, 5) is 0. The van der Waals surface area contributed by atoms with E-state index in [-0.39, 0.29) is 0 Å². The van der Waals surface area contributed by atoms with Crippen molar-refractivity contribution in [1.29, 1.82) is 5.26 Å². The van der Waals surface area contributed by atoms with Gasteiger partial charge in [0.25, 0.3) is 0 Å². The molecule has 4 aliphatic rings. The third-order valence-corrected chi connectivity index (χ3v) is 10.6. The number of aromatic nitrogens is 2. The lowest BCUT2D eigenvalue weighted by Gasteiger charge is -2.57. The Hall–Kier alpha value is -3.64. The molecule has 0 amide bonds. The smallest absolute Gasteiger partial charge is 0.224 e. The number of pyridine rings is 2. The van der Waals surface area contributed by atoms with Crippen LogP contribution < -0.4 is 4.57 Å². The first-order chi connectivity index (χ1) is 18.0. The van der Waals surface area contributed by atoms with Crippen LogP contribution in [0, 0.1) is 36.0 Å². The first-order valence-electron chi connectivity index (χ1n) is 14.0. The average molecular weight is 481 g/mol. The van der Waals surface area contributed by atoms with Crippen LogP contribution in [0.3, 0.4) is 0 Å². The number of rotatable bonds is 1. The summed E-state index contributed by atoms with van der Waals surface area (Å²) in [6.07, 6.45) is 10.8. The highest BCUT2D eigenvalue weighted by molar-refractivity contribution is 6.26. The van der Waals surface area contributed by atoms with Crippen LogP contribution in [0.25, 0.3) is 49.0 Å². The van der Waals surface area contributed by atoms with E-state index in [0.717, 1.165) is 34.2 Å². The van der Waals surface area contributed by atoms with Gasteiger partial charge in [0.15, 0.2) is 6.20 Å². The number of nitriles is 1. The summed E-state index contributed by atoms with van der Waals surface area (Å²) in [6.45, 7) is 2.23. The minimum atomic E-state index is 0.338. The van der Waals surface area contributed by atoms with E-state index in [1.807, 2.05) is 6.07 Å². The number of aryl methyl sites for hydroxylation is 2. The minimum absolute atomic E-state index is 0.338. The van der Waals surface area contributed by atoms with Crippen molar-refractivity contribution in [3.8, 4) is 6.07 Å². The molecule has 0 N–H and O–H groups in total. The molecule has 4 saturated carbocycles. The topological polar surface area (TPSA) is 32.1 Å². The van der Waals surface area contributed by atoms with Crippen molar-refractivity contribution in [3.05, 3.63) is 71.4 Å². The van der Waals surface area contributed by atoms with Gasteiger partial charge in [0.1, 0.15) is 7.05 Å². The molecule has 37 heavy (non-hydrogen) atoms. The normalized spacial score (nSPS) is 26.9. The second kappa shape index (κ2) is 6.62. The molecule has 0 aliphatic heterocycles. The molecule has 4 aliphatic carbocycles. The van der Waals surface area contributed by atoms with Crippen LogP contribution >= 0.6 is 0 Å². The molecule has 0 atom stereocenters. The van der Waals surface area contributed by atoms with Gasteiger partial charge in [-0.25, -0.2) is 4.57 Å². The van der Waals surface area contributed by atoms with Gasteiger partial charge < -0.3 is 4.40 Å². The summed E-state index contributed by atoms with van der Waals surface area (Å²) in [6, 6.07) is 20.7. The zero-order chi connectivity index (χ0) is 24.6. The molecule has 0 saturated heterocycles. The zero-order valence-electron chi connectivity index (χ0n) is 21.5. The Morgan fingerprint density at radius 1 is 0.892 bits per heavy atom. The predicted octanol–water partition coefficient (Wildman–Crippen LogP) is 7.46. The maximum absolute atomic E-state index is 10.1. The fourth-order valence-corrected chi connectivity index (χ4v) is 9.63. The molecule has 3 heteroatoms. The van der Waals surface area contributed by atoms with Gasteiger partial charge in [-0.15, -0.1) is 0 Å². The van der Waals surface area contributed by atoms with E-state index in [0.29, 0.717) is 5.41 Å². The maximum Gasteiger partial charge on any atom is 0.224 e. The summed E-state index contributed by atoms with van der Waals surface area (Å²) in [7, 11) is 2.18. The van der Waals surface area contributed by atoms with E-state index in [4.69, 9.17) is 0 Å². The van der Waals surface area contributed by atoms with E-state index in [1.54, 1.807) is 5.56 Å². The fraction of sp³-hybridized carbons (Fsp3) is 0.353. The number of hydrogen-bond acceptors (Lipinski definition) is 1. The standard InChI is InChI=1S/C34H30N3/c1-19-6-7-26-30-24(18-35)4-3-5-27(30)37-28-14-25(34-15-20-10-21(16-34)12-22(11-20)17-34)13-23-8-9-36(2)33(31(23)28)29(19)32(26)37/h3-9,13-14,20-22H,10-12,15-17H2,1-2H3/q+1. The van der Waals surface area contributed by atoms with Gasteiger partial charge in [0.05, 0.1) is 39.0 Å². The summed E-state index contributed by atoms with van der Waals surface area (Å²) in [5.41, 5.74) is 8.98. The van der Waals surface area contributed by atoms with Crippen molar-refractivity contribution in [3.63, 3.8) is 0 Å². The van der Waals surface area contributed by atoms with Crippen molar-refractivity contribution in [2.45, 2.75) is 50.9 Å². The lowest BCUT2D eigenvalue weighted by molar-refractivity contribution is -0.643. The largest absolute Gasteiger partial charge is 0.307 e. The van der Waals surface area contributed by atoms with E-state index in [9.17, 15) is 5.26 Å². The van der Waals surface area contributed by atoms with Crippen LogP contribution in [0.15, 0.2) is 54.7 Å². The zero-order valence-corrected chi connectivity index (χ0v) is 21.5. The second-order valence-electron chi connectivity index (χ2n) is 12.7. The van der Waals surface area contributed by atoms with Crippen molar-refractivity contribution in [2.24, 2.45) is 24.8 Å². The summed E-state index contributed by atoms with van der Waals surface area (Å²) < 4.78 is 4.82. The molecule has 3 aromatic carbocycles. The van der Waals surface area contributed by atoms with Gasteiger partial charge in [-0.3, -0.25) is 0 Å². The van der Waals surface area contributed by atoms with Crippen molar-refractivity contribution < 1.29 is 4.57 Å². The monoisotopic (exact) mass is 480 g/mol. The summed E-state index contributed by atoms with van der Waals surface area (Å²) >= 11 is 0. The SMILES string of the molecule is Cc1ccc2c3c(C#N)cccc3n3c4cc(C56CC7CC(CC(C7)C5)C6)cc5cc[n+](C)c(c1c23)c54. The van der Waals surface area contributed by atoms with Gasteiger partial charge in [0.2, 0.25) is 5.52 Å². The van der Waals surface area contributed by atoms with E-state index in [1.165, 1.54) is 82.2 Å².